The summed E-state index contributed by atoms with van der Waals surface area (Å²) in [5.41, 5.74) is 7.14. The van der Waals surface area contributed by atoms with Crippen LogP contribution in [-0.2, 0) is 0 Å². The number of hydrogen-bond donors (Lipinski definition) is 3. The third-order valence-corrected chi connectivity index (χ3v) is 3.02. The fourth-order valence-electron chi connectivity index (χ4n) is 2.30. The van der Waals surface area contributed by atoms with Crippen molar-refractivity contribution in [2.45, 2.75) is 26.3 Å². The van der Waals surface area contributed by atoms with E-state index < -0.39 is 5.97 Å². The summed E-state index contributed by atoms with van der Waals surface area (Å²) in [7, 11) is 4.00. The molecule has 5 nitrogen and oxygen atoms in total. The normalized spacial score (nSPS) is 12.7. The number of rotatable bonds is 7. The average molecular weight is 279 g/mol. The molecule has 0 spiro atoms. The summed E-state index contributed by atoms with van der Waals surface area (Å²) in [6, 6.07) is 5.11. The standard InChI is InChI=1S/C15H25N3O2/c1-10(2)8-11(9-18(3)4)17-14-12(15(19)20)6-5-7-13(14)16/h5-7,10-11,17H,8-9,16H2,1-4H3,(H,19,20). The third kappa shape index (κ3) is 4.74. The van der Waals surface area contributed by atoms with Crippen molar-refractivity contribution in [2.75, 3.05) is 31.7 Å². The molecule has 0 amide bonds. The van der Waals surface area contributed by atoms with Crippen molar-refractivity contribution in [3.8, 4) is 0 Å². The molecule has 5 heteroatoms. The van der Waals surface area contributed by atoms with E-state index in [0.29, 0.717) is 17.3 Å². The fraction of sp³-hybridized carbons (Fsp3) is 0.533. The summed E-state index contributed by atoms with van der Waals surface area (Å²) < 4.78 is 0. The lowest BCUT2D eigenvalue weighted by Gasteiger charge is -2.26. The van der Waals surface area contributed by atoms with Gasteiger partial charge in [0.05, 0.1) is 16.9 Å². The van der Waals surface area contributed by atoms with Crippen molar-refractivity contribution in [3.63, 3.8) is 0 Å². The molecule has 0 aromatic heterocycles. The Bertz CT molecular complexity index is 448. The van der Waals surface area contributed by atoms with E-state index in [-0.39, 0.29) is 11.6 Å². The van der Waals surface area contributed by atoms with E-state index in [9.17, 15) is 9.90 Å². The van der Waals surface area contributed by atoms with Gasteiger partial charge in [0.15, 0.2) is 0 Å². The van der Waals surface area contributed by atoms with Gasteiger partial charge in [0.2, 0.25) is 0 Å². The van der Waals surface area contributed by atoms with Crippen LogP contribution in [0.4, 0.5) is 11.4 Å². The fourth-order valence-corrected chi connectivity index (χ4v) is 2.30. The Balaban J connectivity index is 3.00. The van der Waals surface area contributed by atoms with Crippen LogP contribution in [0.3, 0.4) is 0 Å². The van der Waals surface area contributed by atoms with Gasteiger partial charge in [0.1, 0.15) is 0 Å². The Labute approximate surface area is 120 Å². The molecule has 1 atom stereocenters. The molecule has 112 valence electrons. The summed E-state index contributed by atoms with van der Waals surface area (Å²) in [5.74, 6) is -0.446. The summed E-state index contributed by atoms with van der Waals surface area (Å²) in [5, 5.41) is 12.6. The van der Waals surface area contributed by atoms with Crippen LogP contribution in [0.2, 0.25) is 0 Å². The number of likely N-dealkylation sites (N-methyl/N-ethyl adjacent to an activating group) is 1. The van der Waals surface area contributed by atoms with Crippen molar-refractivity contribution >= 4 is 17.3 Å². The molecule has 0 aliphatic heterocycles. The van der Waals surface area contributed by atoms with Gasteiger partial charge in [-0.2, -0.15) is 0 Å². The van der Waals surface area contributed by atoms with E-state index in [1.807, 2.05) is 14.1 Å². The highest BCUT2D eigenvalue weighted by molar-refractivity contribution is 5.97. The van der Waals surface area contributed by atoms with Gasteiger partial charge in [-0.15, -0.1) is 0 Å². The lowest BCUT2D eigenvalue weighted by Crippen LogP contribution is -2.34. The number of nitrogens with one attached hydrogen (secondary N) is 1. The molecule has 0 fully saturated rings. The number of benzene rings is 1. The largest absolute Gasteiger partial charge is 0.478 e. The summed E-state index contributed by atoms with van der Waals surface area (Å²) in [4.78, 5) is 13.4. The number of nitrogens with two attached hydrogens (primary N) is 1. The first-order valence-electron chi connectivity index (χ1n) is 6.84. The number of carboxylic acids is 1. The predicted octanol–water partition coefficient (Wildman–Crippen LogP) is 2.36. The van der Waals surface area contributed by atoms with Crippen molar-refractivity contribution < 1.29 is 9.90 Å². The van der Waals surface area contributed by atoms with Gasteiger partial charge in [-0.3, -0.25) is 0 Å². The maximum atomic E-state index is 11.3. The topological polar surface area (TPSA) is 78.6 Å². The van der Waals surface area contributed by atoms with E-state index in [0.717, 1.165) is 13.0 Å². The zero-order valence-corrected chi connectivity index (χ0v) is 12.7. The van der Waals surface area contributed by atoms with Crippen LogP contribution in [0.25, 0.3) is 0 Å². The van der Waals surface area contributed by atoms with Gasteiger partial charge < -0.3 is 21.1 Å². The average Bonchev–Trinajstić information content (AvgIpc) is 2.29. The van der Waals surface area contributed by atoms with E-state index in [2.05, 4.69) is 24.1 Å². The van der Waals surface area contributed by atoms with E-state index in [1.54, 1.807) is 18.2 Å². The van der Waals surface area contributed by atoms with E-state index in [1.165, 1.54) is 0 Å². The third-order valence-electron chi connectivity index (χ3n) is 3.02. The van der Waals surface area contributed by atoms with Crippen molar-refractivity contribution in [3.05, 3.63) is 23.8 Å². The minimum absolute atomic E-state index is 0.160. The quantitative estimate of drug-likeness (QED) is 0.668. The number of para-hydroxylation sites is 1. The molecule has 0 aliphatic rings. The number of anilines is 2. The van der Waals surface area contributed by atoms with Crippen LogP contribution >= 0.6 is 0 Å². The van der Waals surface area contributed by atoms with Crippen LogP contribution in [-0.4, -0.2) is 42.7 Å². The van der Waals surface area contributed by atoms with Crippen molar-refractivity contribution in [1.82, 2.24) is 4.90 Å². The Morgan fingerprint density at radius 3 is 2.55 bits per heavy atom. The number of aromatic carboxylic acids is 1. The first kappa shape index (κ1) is 16.3. The zero-order valence-electron chi connectivity index (χ0n) is 12.7. The van der Waals surface area contributed by atoms with Gasteiger partial charge in [-0.25, -0.2) is 4.79 Å². The molecule has 0 saturated carbocycles. The van der Waals surface area contributed by atoms with Gasteiger partial charge >= 0.3 is 5.97 Å². The Kier molecular flexibility index (Phi) is 5.82. The second-order valence-corrected chi connectivity index (χ2v) is 5.81. The highest BCUT2D eigenvalue weighted by Crippen LogP contribution is 2.25. The van der Waals surface area contributed by atoms with E-state index >= 15 is 0 Å². The molecule has 0 bridgehead atoms. The van der Waals surface area contributed by atoms with Crippen LogP contribution < -0.4 is 11.1 Å². The maximum Gasteiger partial charge on any atom is 0.337 e. The van der Waals surface area contributed by atoms with Crippen LogP contribution in [0, 0.1) is 5.92 Å². The molecule has 1 aromatic carbocycles. The van der Waals surface area contributed by atoms with Gasteiger partial charge in [-0.1, -0.05) is 19.9 Å². The monoisotopic (exact) mass is 279 g/mol. The van der Waals surface area contributed by atoms with Gasteiger partial charge in [0.25, 0.3) is 0 Å². The maximum absolute atomic E-state index is 11.3. The zero-order chi connectivity index (χ0) is 15.3. The van der Waals surface area contributed by atoms with Crippen molar-refractivity contribution in [1.29, 1.82) is 0 Å². The number of nitrogen functional groups attached to an aromatic ring is 1. The number of carboxylic acid groups (broad SMARTS) is 1. The smallest absolute Gasteiger partial charge is 0.337 e. The summed E-state index contributed by atoms with van der Waals surface area (Å²) in [6.45, 7) is 5.12. The molecule has 1 unspecified atom stereocenters. The first-order valence-corrected chi connectivity index (χ1v) is 6.84. The molecule has 20 heavy (non-hydrogen) atoms. The lowest BCUT2D eigenvalue weighted by atomic mass is 10.0. The Morgan fingerprint density at radius 2 is 2.05 bits per heavy atom. The molecule has 0 heterocycles. The van der Waals surface area contributed by atoms with Gasteiger partial charge in [0, 0.05) is 12.6 Å². The number of carbonyl (C=O) groups is 1. The first-order chi connectivity index (χ1) is 9.31. The van der Waals surface area contributed by atoms with Crippen LogP contribution in [0.15, 0.2) is 18.2 Å². The van der Waals surface area contributed by atoms with Crippen LogP contribution in [0.5, 0.6) is 0 Å². The molecule has 1 aromatic rings. The minimum Gasteiger partial charge on any atom is -0.478 e. The Morgan fingerprint density at radius 1 is 1.40 bits per heavy atom. The predicted molar refractivity (Wildman–Crippen MR) is 83.2 cm³/mol. The summed E-state index contributed by atoms with van der Waals surface area (Å²) >= 11 is 0. The SMILES string of the molecule is CC(C)CC(CN(C)C)Nc1c(N)cccc1C(=O)O. The molecule has 0 radical (unpaired) electrons. The Hall–Kier alpha value is -1.75. The summed E-state index contributed by atoms with van der Waals surface area (Å²) in [6.07, 6.45) is 0.950. The molecular weight excluding hydrogens is 254 g/mol. The van der Waals surface area contributed by atoms with Gasteiger partial charge in [-0.05, 0) is 38.6 Å². The number of nitrogens with zero attached hydrogens (tertiary/aromatic N) is 1. The second kappa shape index (κ2) is 7.14. The van der Waals surface area contributed by atoms with E-state index in [4.69, 9.17) is 5.73 Å². The van der Waals surface area contributed by atoms with Crippen molar-refractivity contribution in [2.24, 2.45) is 5.92 Å². The molecule has 1 rings (SSSR count). The molecule has 4 N–H and O–H groups in total. The lowest BCUT2D eigenvalue weighted by molar-refractivity contribution is 0.0698. The van der Waals surface area contributed by atoms with Crippen LogP contribution in [0.1, 0.15) is 30.6 Å². The minimum atomic E-state index is -0.965. The molecule has 0 saturated heterocycles. The highest BCUT2D eigenvalue weighted by atomic mass is 16.4. The number of hydrogen-bond acceptors (Lipinski definition) is 4. The highest BCUT2D eigenvalue weighted by Gasteiger charge is 2.18. The molecule has 0 aliphatic carbocycles. The molecular formula is C15H25N3O2. The second-order valence-electron chi connectivity index (χ2n) is 5.81.